The van der Waals surface area contributed by atoms with Gasteiger partial charge in [-0.1, -0.05) is 6.07 Å². The molecule has 1 aromatic rings. The SMILES string of the molecule is COC[C@@H](N1CCC(c2ccc(F)c(F)c2)C1)C(F)(F)F. The van der Waals surface area contributed by atoms with Crippen molar-refractivity contribution in [1.82, 2.24) is 4.90 Å². The molecule has 1 aliphatic rings. The number of hydrogen-bond acceptors (Lipinski definition) is 2. The maximum atomic E-state index is 13.2. The van der Waals surface area contributed by atoms with Crippen LogP contribution in [0.25, 0.3) is 0 Å². The lowest BCUT2D eigenvalue weighted by Crippen LogP contribution is -2.47. The molecule has 21 heavy (non-hydrogen) atoms. The van der Waals surface area contributed by atoms with Crippen LogP contribution in [0.4, 0.5) is 22.0 Å². The van der Waals surface area contributed by atoms with Crippen molar-refractivity contribution in [2.24, 2.45) is 0 Å². The predicted molar refractivity (Wildman–Crippen MR) is 67.0 cm³/mol. The maximum absolute atomic E-state index is 13.2. The fraction of sp³-hybridized carbons (Fsp3) is 0.571. The summed E-state index contributed by atoms with van der Waals surface area (Å²) in [4.78, 5) is 1.29. The molecular formula is C14H16F5NO. The summed E-state index contributed by atoms with van der Waals surface area (Å²) >= 11 is 0. The van der Waals surface area contributed by atoms with Crippen LogP contribution in [0.1, 0.15) is 17.9 Å². The smallest absolute Gasteiger partial charge is 0.383 e. The number of hydrogen-bond donors (Lipinski definition) is 0. The highest BCUT2D eigenvalue weighted by atomic mass is 19.4. The number of likely N-dealkylation sites (tertiary alicyclic amines) is 1. The zero-order valence-corrected chi connectivity index (χ0v) is 11.5. The van der Waals surface area contributed by atoms with Gasteiger partial charge in [-0.15, -0.1) is 0 Å². The van der Waals surface area contributed by atoms with E-state index in [9.17, 15) is 22.0 Å². The van der Waals surface area contributed by atoms with Crippen molar-refractivity contribution < 1.29 is 26.7 Å². The van der Waals surface area contributed by atoms with Crippen LogP contribution in [0.3, 0.4) is 0 Å². The largest absolute Gasteiger partial charge is 0.406 e. The van der Waals surface area contributed by atoms with Crippen molar-refractivity contribution in [2.45, 2.75) is 24.6 Å². The van der Waals surface area contributed by atoms with Gasteiger partial charge in [-0.2, -0.15) is 13.2 Å². The van der Waals surface area contributed by atoms with Crippen LogP contribution in [0.5, 0.6) is 0 Å². The number of benzene rings is 1. The summed E-state index contributed by atoms with van der Waals surface area (Å²) in [6.45, 7) is -0.0379. The predicted octanol–water partition coefficient (Wildman–Crippen LogP) is 3.33. The average Bonchev–Trinajstić information content (AvgIpc) is 2.87. The first-order valence-electron chi connectivity index (χ1n) is 6.57. The Bertz CT molecular complexity index is 491. The maximum Gasteiger partial charge on any atom is 0.406 e. The quantitative estimate of drug-likeness (QED) is 0.791. The third kappa shape index (κ3) is 3.71. The molecule has 1 heterocycles. The zero-order chi connectivity index (χ0) is 15.6. The van der Waals surface area contributed by atoms with Crippen molar-refractivity contribution in [2.75, 3.05) is 26.8 Å². The Balaban J connectivity index is 2.10. The molecule has 0 saturated carbocycles. The molecule has 0 aliphatic carbocycles. The number of methoxy groups -OCH3 is 1. The second-order valence-corrected chi connectivity index (χ2v) is 5.17. The van der Waals surface area contributed by atoms with Gasteiger partial charge in [0.25, 0.3) is 0 Å². The molecule has 2 rings (SSSR count). The molecule has 1 aromatic carbocycles. The number of nitrogens with zero attached hydrogens (tertiary/aromatic N) is 1. The topological polar surface area (TPSA) is 12.5 Å². The van der Waals surface area contributed by atoms with Gasteiger partial charge in [0.1, 0.15) is 6.04 Å². The molecule has 1 fully saturated rings. The Morgan fingerprint density at radius 1 is 1.29 bits per heavy atom. The molecule has 2 atom stereocenters. The summed E-state index contributed by atoms with van der Waals surface area (Å²) in [5.41, 5.74) is 0.523. The van der Waals surface area contributed by atoms with E-state index in [1.807, 2.05) is 0 Å². The Kier molecular flexibility index (Phi) is 4.83. The zero-order valence-electron chi connectivity index (χ0n) is 11.5. The Labute approximate surface area is 119 Å². The molecule has 0 radical (unpaired) electrons. The molecule has 0 spiro atoms. The normalized spacial score (nSPS) is 21.7. The standard InChI is InChI=1S/C14H16F5NO/c1-21-8-13(14(17,18)19)20-5-4-10(7-20)9-2-3-11(15)12(16)6-9/h2-3,6,10,13H,4-5,7-8H2,1H3/t10?,13-/m1/s1. The number of halogens is 5. The van der Waals surface area contributed by atoms with Gasteiger partial charge in [-0.05, 0) is 36.6 Å². The molecule has 0 aromatic heterocycles. The third-order valence-corrected chi connectivity index (χ3v) is 3.78. The molecule has 0 N–H and O–H groups in total. The van der Waals surface area contributed by atoms with Gasteiger partial charge in [0.2, 0.25) is 0 Å². The summed E-state index contributed by atoms with van der Waals surface area (Å²) in [6.07, 6.45) is -3.90. The van der Waals surface area contributed by atoms with Crippen molar-refractivity contribution >= 4 is 0 Å². The van der Waals surface area contributed by atoms with Gasteiger partial charge in [0.05, 0.1) is 6.61 Å². The van der Waals surface area contributed by atoms with Crippen LogP contribution in [-0.2, 0) is 4.74 Å². The lowest BCUT2D eigenvalue weighted by Gasteiger charge is -2.29. The van der Waals surface area contributed by atoms with Crippen LogP contribution in [0.2, 0.25) is 0 Å². The fourth-order valence-electron chi connectivity index (χ4n) is 2.67. The van der Waals surface area contributed by atoms with E-state index in [0.29, 0.717) is 12.0 Å². The van der Waals surface area contributed by atoms with Crippen molar-refractivity contribution in [3.8, 4) is 0 Å². The molecule has 2 nitrogen and oxygen atoms in total. The van der Waals surface area contributed by atoms with E-state index in [2.05, 4.69) is 4.74 Å². The van der Waals surface area contributed by atoms with Crippen LogP contribution < -0.4 is 0 Å². The van der Waals surface area contributed by atoms with Gasteiger partial charge in [0.15, 0.2) is 11.6 Å². The number of alkyl halides is 3. The van der Waals surface area contributed by atoms with E-state index in [0.717, 1.165) is 12.1 Å². The van der Waals surface area contributed by atoms with Crippen LogP contribution >= 0.6 is 0 Å². The first-order chi connectivity index (χ1) is 9.82. The van der Waals surface area contributed by atoms with E-state index in [-0.39, 0.29) is 19.0 Å². The Morgan fingerprint density at radius 2 is 2.00 bits per heavy atom. The van der Waals surface area contributed by atoms with E-state index in [1.165, 1.54) is 18.1 Å². The number of rotatable bonds is 4. The monoisotopic (exact) mass is 309 g/mol. The van der Waals surface area contributed by atoms with Crippen LogP contribution in [-0.4, -0.2) is 43.9 Å². The summed E-state index contributed by atoms with van der Waals surface area (Å²) in [6, 6.07) is 1.82. The van der Waals surface area contributed by atoms with E-state index >= 15 is 0 Å². The molecule has 1 saturated heterocycles. The Hall–Kier alpha value is -1.21. The molecule has 0 bridgehead atoms. The summed E-state index contributed by atoms with van der Waals surface area (Å²) in [5.74, 6) is -2.17. The average molecular weight is 309 g/mol. The van der Waals surface area contributed by atoms with Gasteiger partial charge >= 0.3 is 6.18 Å². The summed E-state index contributed by atoms with van der Waals surface area (Å²) in [7, 11) is 1.22. The minimum absolute atomic E-state index is 0.151. The van der Waals surface area contributed by atoms with Gasteiger partial charge in [0, 0.05) is 13.7 Å². The van der Waals surface area contributed by atoms with Gasteiger partial charge < -0.3 is 4.74 Å². The highest BCUT2D eigenvalue weighted by molar-refractivity contribution is 5.23. The van der Waals surface area contributed by atoms with Gasteiger partial charge in [-0.25, -0.2) is 8.78 Å². The summed E-state index contributed by atoms with van der Waals surface area (Å²) < 4.78 is 69.7. The molecular weight excluding hydrogens is 293 g/mol. The summed E-state index contributed by atoms with van der Waals surface area (Å²) in [5, 5.41) is 0. The molecule has 118 valence electrons. The first kappa shape index (κ1) is 16.2. The van der Waals surface area contributed by atoms with E-state index in [4.69, 9.17) is 0 Å². The third-order valence-electron chi connectivity index (χ3n) is 3.78. The van der Waals surface area contributed by atoms with E-state index in [1.54, 1.807) is 0 Å². The lowest BCUT2D eigenvalue weighted by molar-refractivity contribution is -0.192. The molecule has 0 amide bonds. The lowest BCUT2D eigenvalue weighted by atomic mass is 9.98. The highest BCUT2D eigenvalue weighted by Crippen LogP contribution is 2.34. The number of ether oxygens (including phenoxy) is 1. The second-order valence-electron chi connectivity index (χ2n) is 5.17. The first-order valence-corrected chi connectivity index (χ1v) is 6.57. The van der Waals surface area contributed by atoms with Gasteiger partial charge in [-0.3, -0.25) is 4.90 Å². The fourth-order valence-corrected chi connectivity index (χ4v) is 2.67. The van der Waals surface area contributed by atoms with Crippen LogP contribution in [0.15, 0.2) is 18.2 Å². The second kappa shape index (κ2) is 6.27. The highest BCUT2D eigenvalue weighted by Gasteiger charge is 2.45. The van der Waals surface area contributed by atoms with Crippen molar-refractivity contribution in [3.05, 3.63) is 35.4 Å². The molecule has 1 aliphatic heterocycles. The Morgan fingerprint density at radius 3 is 2.57 bits per heavy atom. The van der Waals surface area contributed by atoms with Crippen molar-refractivity contribution in [1.29, 1.82) is 0 Å². The minimum Gasteiger partial charge on any atom is -0.383 e. The molecule has 1 unspecified atom stereocenters. The molecule has 7 heteroatoms. The van der Waals surface area contributed by atoms with Crippen molar-refractivity contribution in [3.63, 3.8) is 0 Å². The van der Waals surface area contributed by atoms with Crippen LogP contribution in [0, 0.1) is 11.6 Å². The van der Waals surface area contributed by atoms with E-state index < -0.39 is 30.5 Å². The minimum atomic E-state index is -4.38.